The van der Waals surface area contributed by atoms with Gasteiger partial charge in [0.05, 0.1) is 0 Å². The van der Waals surface area contributed by atoms with Gasteiger partial charge in [-0.2, -0.15) is 0 Å². The average Bonchev–Trinajstić information content (AvgIpc) is 2.78. The summed E-state index contributed by atoms with van der Waals surface area (Å²) in [6.45, 7) is 3.98. The Bertz CT molecular complexity index is 861. The average molecular weight is 298 g/mol. The smallest absolute Gasteiger partial charge is 0.195 e. The Morgan fingerprint density at radius 3 is 2.57 bits per heavy atom. The van der Waals surface area contributed by atoms with Crippen LogP contribution < -0.4 is 0 Å². The van der Waals surface area contributed by atoms with Crippen LogP contribution in [0, 0.1) is 13.8 Å². The lowest BCUT2D eigenvalue weighted by Crippen LogP contribution is -2.03. The highest BCUT2D eigenvalue weighted by molar-refractivity contribution is 6.31. The van der Waals surface area contributed by atoms with Gasteiger partial charge in [0.1, 0.15) is 0 Å². The van der Waals surface area contributed by atoms with Crippen molar-refractivity contribution in [2.45, 2.75) is 13.8 Å². The molecule has 0 saturated heterocycles. The molecule has 0 spiro atoms. The zero-order valence-corrected chi connectivity index (χ0v) is 13.0. The molecule has 2 nitrogen and oxygen atoms in total. The molecule has 2 aromatic carbocycles. The third-order valence-electron chi connectivity index (χ3n) is 3.84. The molecule has 0 amide bonds. The van der Waals surface area contributed by atoms with Crippen LogP contribution in [0.3, 0.4) is 0 Å². The minimum absolute atomic E-state index is 0.0180. The van der Waals surface area contributed by atoms with E-state index < -0.39 is 0 Å². The van der Waals surface area contributed by atoms with Crippen LogP contribution in [0.15, 0.2) is 42.6 Å². The molecule has 0 atom stereocenters. The van der Waals surface area contributed by atoms with Crippen LogP contribution in [0.4, 0.5) is 0 Å². The molecular weight excluding hydrogens is 282 g/mol. The van der Waals surface area contributed by atoms with Crippen molar-refractivity contribution < 1.29 is 4.79 Å². The van der Waals surface area contributed by atoms with Gasteiger partial charge in [-0.05, 0) is 43.2 Å². The van der Waals surface area contributed by atoms with Gasteiger partial charge in [-0.15, -0.1) is 0 Å². The van der Waals surface area contributed by atoms with Gasteiger partial charge in [0.25, 0.3) is 0 Å². The number of carbonyl (C=O) groups is 1. The summed E-state index contributed by atoms with van der Waals surface area (Å²) >= 11 is 6.04. The largest absolute Gasteiger partial charge is 0.350 e. The molecule has 0 unspecified atom stereocenters. The van der Waals surface area contributed by atoms with Crippen LogP contribution in [0.1, 0.15) is 27.0 Å². The summed E-state index contributed by atoms with van der Waals surface area (Å²) in [5.74, 6) is 0.0180. The fourth-order valence-electron chi connectivity index (χ4n) is 2.66. The Hall–Kier alpha value is -2.06. The summed E-state index contributed by atoms with van der Waals surface area (Å²) in [4.78, 5) is 12.9. The van der Waals surface area contributed by atoms with Crippen molar-refractivity contribution >= 4 is 28.3 Å². The first-order chi connectivity index (χ1) is 9.97. The molecule has 0 bridgehead atoms. The molecule has 0 N–H and O–H groups in total. The van der Waals surface area contributed by atoms with E-state index in [0.717, 1.165) is 22.0 Å². The molecule has 0 aliphatic carbocycles. The lowest BCUT2D eigenvalue weighted by Gasteiger charge is -2.05. The van der Waals surface area contributed by atoms with E-state index in [-0.39, 0.29) is 5.78 Å². The van der Waals surface area contributed by atoms with E-state index in [1.165, 1.54) is 5.56 Å². The number of rotatable bonds is 2. The number of hydrogen-bond donors (Lipinski definition) is 0. The molecular formula is C18H16ClNO. The summed E-state index contributed by atoms with van der Waals surface area (Å²) in [6, 6.07) is 11.6. The van der Waals surface area contributed by atoms with Crippen molar-refractivity contribution in [3.63, 3.8) is 0 Å². The van der Waals surface area contributed by atoms with Gasteiger partial charge in [-0.25, -0.2) is 0 Å². The number of aryl methyl sites for hydroxylation is 3. The quantitative estimate of drug-likeness (QED) is 0.630. The first kappa shape index (κ1) is 13.9. The number of ketones is 1. The molecule has 106 valence electrons. The molecule has 0 radical (unpaired) electrons. The molecule has 0 saturated carbocycles. The van der Waals surface area contributed by atoms with Crippen molar-refractivity contribution in [1.82, 2.24) is 4.57 Å². The van der Waals surface area contributed by atoms with E-state index in [1.807, 2.05) is 42.9 Å². The van der Waals surface area contributed by atoms with E-state index in [4.69, 9.17) is 11.6 Å². The molecule has 3 aromatic rings. The molecule has 1 heterocycles. The van der Waals surface area contributed by atoms with Gasteiger partial charge in [0.2, 0.25) is 0 Å². The monoisotopic (exact) mass is 297 g/mol. The second kappa shape index (κ2) is 5.05. The molecule has 0 fully saturated rings. The number of carbonyl (C=O) groups excluding carboxylic acids is 1. The number of aromatic nitrogens is 1. The van der Waals surface area contributed by atoms with E-state index >= 15 is 0 Å². The van der Waals surface area contributed by atoms with Crippen LogP contribution in [-0.4, -0.2) is 10.4 Å². The van der Waals surface area contributed by atoms with Gasteiger partial charge in [0.15, 0.2) is 5.78 Å². The van der Waals surface area contributed by atoms with Gasteiger partial charge in [-0.1, -0.05) is 29.8 Å². The number of nitrogens with zero attached hydrogens (tertiary/aromatic N) is 1. The van der Waals surface area contributed by atoms with E-state index in [1.54, 1.807) is 12.1 Å². The molecule has 21 heavy (non-hydrogen) atoms. The zero-order valence-electron chi connectivity index (χ0n) is 12.3. The first-order valence-electron chi connectivity index (χ1n) is 6.84. The lowest BCUT2D eigenvalue weighted by molar-refractivity contribution is 0.103. The summed E-state index contributed by atoms with van der Waals surface area (Å²) in [6.07, 6.45) is 1.90. The summed E-state index contributed by atoms with van der Waals surface area (Å²) in [5, 5.41) is 1.56. The fourth-order valence-corrected chi connectivity index (χ4v) is 2.83. The molecule has 3 rings (SSSR count). The summed E-state index contributed by atoms with van der Waals surface area (Å²) < 4.78 is 2.00. The molecule has 0 aliphatic heterocycles. The number of benzene rings is 2. The van der Waals surface area contributed by atoms with Crippen LogP contribution in [0.25, 0.3) is 10.9 Å². The highest BCUT2D eigenvalue weighted by atomic mass is 35.5. The summed E-state index contributed by atoms with van der Waals surface area (Å²) in [7, 11) is 1.96. The maximum atomic E-state index is 12.9. The van der Waals surface area contributed by atoms with Crippen LogP contribution in [0.5, 0.6) is 0 Å². The Balaban J connectivity index is 2.21. The van der Waals surface area contributed by atoms with Crippen molar-refractivity contribution in [3.05, 3.63) is 69.9 Å². The van der Waals surface area contributed by atoms with Gasteiger partial charge >= 0.3 is 0 Å². The Labute approximate surface area is 129 Å². The maximum Gasteiger partial charge on any atom is 0.195 e. The highest BCUT2D eigenvalue weighted by Crippen LogP contribution is 2.26. The molecule has 1 aromatic heterocycles. The Morgan fingerprint density at radius 2 is 1.81 bits per heavy atom. The normalized spacial score (nSPS) is 11.0. The van der Waals surface area contributed by atoms with Crippen molar-refractivity contribution in [1.29, 1.82) is 0 Å². The van der Waals surface area contributed by atoms with Crippen molar-refractivity contribution in [3.8, 4) is 0 Å². The Morgan fingerprint density at radius 1 is 1.05 bits per heavy atom. The number of hydrogen-bond acceptors (Lipinski definition) is 1. The maximum absolute atomic E-state index is 12.9. The molecule has 0 aliphatic rings. The summed E-state index contributed by atoms with van der Waals surface area (Å²) in [5.41, 5.74) is 4.57. The molecule has 3 heteroatoms. The predicted molar refractivity (Wildman–Crippen MR) is 87.3 cm³/mol. The second-order valence-electron chi connectivity index (χ2n) is 5.46. The second-order valence-corrected chi connectivity index (χ2v) is 5.90. The number of fused-ring (bicyclic) bond motifs is 1. The lowest BCUT2D eigenvalue weighted by atomic mass is 9.98. The van der Waals surface area contributed by atoms with Crippen molar-refractivity contribution in [2.24, 2.45) is 7.05 Å². The van der Waals surface area contributed by atoms with Gasteiger partial charge < -0.3 is 4.57 Å². The highest BCUT2D eigenvalue weighted by Gasteiger charge is 2.17. The standard InChI is InChI=1S/C18H16ClNO/c1-11-4-7-14-16(10-20(3)17(14)8-11)18(21)15-9-13(19)6-5-12(15)2/h4-10H,1-3H3. The minimum Gasteiger partial charge on any atom is -0.350 e. The van der Waals surface area contributed by atoms with E-state index in [0.29, 0.717) is 10.6 Å². The SMILES string of the molecule is Cc1ccc2c(C(=O)c3cc(Cl)ccc3C)cn(C)c2c1. The van der Waals surface area contributed by atoms with Crippen LogP contribution in [-0.2, 0) is 7.05 Å². The number of halogens is 1. The van der Waals surface area contributed by atoms with Gasteiger partial charge in [-0.3, -0.25) is 4.79 Å². The van der Waals surface area contributed by atoms with Crippen LogP contribution in [0.2, 0.25) is 5.02 Å². The topological polar surface area (TPSA) is 22.0 Å². The third kappa shape index (κ3) is 2.36. The predicted octanol–water partition coefficient (Wildman–Crippen LogP) is 4.68. The van der Waals surface area contributed by atoms with Gasteiger partial charge in [0, 0.05) is 40.3 Å². The first-order valence-corrected chi connectivity index (χ1v) is 7.21. The fraction of sp³-hybridized carbons (Fsp3) is 0.167. The van der Waals surface area contributed by atoms with Crippen LogP contribution >= 0.6 is 11.6 Å². The minimum atomic E-state index is 0.0180. The van der Waals surface area contributed by atoms with Crippen molar-refractivity contribution in [2.75, 3.05) is 0 Å². The third-order valence-corrected chi connectivity index (χ3v) is 4.07. The Kier molecular flexibility index (Phi) is 3.34. The van der Waals surface area contributed by atoms with E-state index in [9.17, 15) is 4.79 Å². The van der Waals surface area contributed by atoms with E-state index in [2.05, 4.69) is 13.0 Å². The zero-order chi connectivity index (χ0) is 15.1.